The maximum Gasteiger partial charge on any atom is 0.143 e. The number of anilines is 2. The van der Waals surface area contributed by atoms with Crippen LogP contribution in [-0.2, 0) is 0 Å². The molecule has 2 aromatic heterocycles. The molecule has 136 valence electrons. The fraction of sp³-hybridized carbons (Fsp3) is 0.100. The Morgan fingerprint density at radius 3 is 2.30 bits per heavy atom. The standard InChI is InChI=1S/C20H14Cl2FN3S/c1-10-17(12-3-5-15(23)6-4-12)18-19(24-11(2)25-20(18)27-10)26-16-8-13(21)7-14(22)9-16/h3-9H,1-2H3,(H,24,25,26). The molecule has 4 rings (SSSR count). The second-order valence-corrected chi connectivity index (χ2v) is 8.20. The molecule has 4 aromatic rings. The summed E-state index contributed by atoms with van der Waals surface area (Å²) in [4.78, 5) is 11.1. The second-order valence-electron chi connectivity index (χ2n) is 6.12. The Labute approximate surface area is 169 Å². The van der Waals surface area contributed by atoms with Crippen molar-refractivity contribution < 1.29 is 4.39 Å². The topological polar surface area (TPSA) is 37.8 Å². The molecule has 2 aromatic carbocycles. The lowest BCUT2D eigenvalue weighted by molar-refractivity contribution is 0.628. The van der Waals surface area contributed by atoms with Crippen LogP contribution in [0.4, 0.5) is 15.9 Å². The van der Waals surface area contributed by atoms with Gasteiger partial charge in [-0.15, -0.1) is 11.3 Å². The fourth-order valence-electron chi connectivity index (χ4n) is 3.04. The van der Waals surface area contributed by atoms with E-state index in [9.17, 15) is 4.39 Å². The molecule has 3 nitrogen and oxygen atoms in total. The van der Waals surface area contributed by atoms with E-state index in [1.807, 2.05) is 13.8 Å². The van der Waals surface area contributed by atoms with Crippen molar-refractivity contribution in [2.45, 2.75) is 13.8 Å². The zero-order chi connectivity index (χ0) is 19.1. The maximum absolute atomic E-state index is 13.4. The highest BCUT2D eigenvalue weighted by Gasteiger charge is 2.18. The summed E-state index contributed by atoms with van der Waals surface area (Å²) in [7, 11) is 0. The fourth-order valence-corrected chi connectivity index (χ4v) is 4.65. The van der Waals surface area contributed by atoms with Gasteiger partial charge in [0.15, 0.2) is 0 Å². The van der Waals surface area contributed by atoms with Crippen molar-refractivity contribution in [1.82, 2.24) is 9.97 Å². The largest absolute Gasteiger partial charge is 0.339 e. The van der Waals surface area contributed by atoms with Gasteiger partial charge in [0.05, 0.1) is 5.39 Å². The first-order valence-electron chi connectivity index (χ1n) is 8.17. The van der Waals surface area contributed by atoms with Crippen LogP contribution >= 0.6 is 34.5 Å². The molecule has 0 amide bonds. The van der Waals surface area contributed by atoms with Gasteiger partial charge in [-0.1, -0.05) is 35.3 Å². The Morgan fingerprint density at radius 1 is 0.963 bits per heavy atom. The molecule has 27 heavy (non-hydrogen) atoms. The number of nitrogens with one attached hydrogen (secondary N) is 1. The molecule has 0 fully saturated rings. The van der Waals surface area contributed by atoms with E-state index < -0.39 is 0 Å². The lowest BCUT2D eigenvalue weighted by Crippen LogP contribution is -1.98. The quantitative estimate of drug-likeness (QED) is 0.383. The number of rotatable bonds is 3. The Kier molecular flexibility index (Phi) is 4.76. The molecule has 0 bridgehead atoms. The third kappa shape index (κ3) is 3.63. The van der Waals surface area contributed by atoms with Gasteiger partial charge in [0.2, 0.25) is 0 Å². The molecule has 0 unspecified atom stereocenters. The number of benzene rings is 2. The molecule has 0 radical (unpaired) electrons. The SMILES string of the molecule is Cc1nc(Nc2cc(Cl)cc(Cl)c2)c2c(-c3ccc(F)cc3)c(C)sc2n1. The van der Waals surface area contributed by atoms with Crippen molar-refractivity contribution >= 4 is 56.3 Å². The number of thiophene rings is 1. The third-order valence-electron chi connectivity index (χ3n) is 4.10. The number of halogens is 3. The van der Waals surface area contributed by atoms with Gasteiger partial charge in [-0.3, -0.25) is 0 Å². The Hall–Kier alpha value is -2.21. The molecule has 1 N–H and O–H groups in total. The minimum Gasteiger partial charge on any atom is -0.339 e. The van der Waals surface area contributed by atoms with Crippen molar-refractivity contribution in [3.05, 3.63) is 69.0 Å². The average Bonchev–Trinajstić information content (AvgIpc) is 2.90. The molecule has 0 saturated carbocycles. The van der Waals surface area contributed by atoms with E-state index in [1.165, 1.54) is 12.1 Å². The molecular weight excluding hydrogens is 404 g/mol. The van der Waals surface area contributed by atoms with Gasteiger partial charge in [-0.25, -0.2) is 14.4 Å². The number of nitrogens with zero attached hydrogens (tertiary/aromatic N) is 2. The van der Waals surface area contributed by atoms with Crippen LogP contribution in [0.1, 0.15) is 10.7 Å². The summed E-state index contributed by atoms with van der Waals surface area (Å²) in [6, 6.07) is 11.7. The predicted octanol–water partition coefficient (Wildman–Crippen LogP) is 7.16. The van der Waals surface area contributed by atoms with Crippen molar-refractivity contribution in [2.75, 3.05) is 5.32 Å². The molecule has 0 aliphatic heterocycles. The summed E-state index contributed by atoms with van der Waals surface area (Å²) in [5.41, 5.74) is 2.64. The van der Waals surface area contributed by atoms with Gasteiger partial charge in [-0.2, -0.15) is 0 Å². The van der Waals surface area contributed by atoms with Crippen LogP contribution in [0.15, 0.2) is 42.5 Å². The highest BCUT2D eigenvalue weighted by Crippen LogP contribution is 2.41. The Bertz CT molecular complexity index is 1140. The number of hydrogen-bond donors (Lipinski definition) is 1. The molecule has 0 saturated heterocycles. The number of fused-ring (bicyclic) bond motifs is 1. The van der Waals surface area contributed by atoms with E-state index in [1.54, 1.807) is 41.7 Å². The normalized spacial score (nSPS) is 11.1. The highest BCUT2D eigenvalue weighted by atomic mass is 35.5. The molecule has 0 spiro atoms. The Morgan fingerprint density at radius 2 is 1.63 bits per heavy atom. The van der Waals surface area contributed by atoms with Crippen molar-refractivity contribution in [1.29, 1.82) is 0 Å². The van der Waals surface area contributed by atoms with Crippen LogP contribution in [0.25, 0.3) is 21.3 Å². The molecule has 0 atom stereocenters. The highest BCUT2D eigenvalue weighted by molar-refractivity contribution is 7.19. The third-order valence-corrected chi connectivity index (χ3v) is 5.53. The van der Waals surface area contributed by atoms with Crippen LogP contribution in [-0.4, -0.2) is 9.97 Å². The van der Waals surface area contributed by atoms with Crippen LogP contribution in [0, 0.1) is 19.7 Å². The van der Waals surface area contributed by atoms with E-state index in [4.69, 9.17) is 23.2 Å². The first kappa shape index (κ1) is 18.2. The van der Waals surface area contributed by atoms with Crippen molar-refractivity contribution in [3.63, 3.8) is 0 Å². The van der Waals surface area contributed by atoms with Gasteiger partial charge >= 0.3 is 0 Å². The maximum atomic E-state index is 13.4. The lowest BCUT2D eigenvalue weighted by atomic mass is 10.0. The summed E-state index contributed by atoms with van der Waals surface area (Å²) in [6.45, 7) is 3.88. The second kappa shape index (κ2) is 7.08. The zero-order valence-electron chi connectivity index (χ0n) is 14.5. The van der Waals surface area contributed by atoms with Gasteiger partial charge in [0.25, 0.3) is 0 Å². The van der Waals surface area contributed by atoms with E-state index in [0.717, 1.165) is 31.9 Å². The molecule has 2 heterocycles. The van der Waals surface area contributed by atoms with Gasteiger partial charge < -0.3 is 5.32 Å². The Balaban J connectivity index is 1.93. The average molecular weight is 418 g/mol. The monoisotopic (exact) mass is 417 g/mol. The van der Waals surface area contributed by atoms with Crippen LogP contribution in [0.5, 0.6) is 0 Å². The molecular formula is C20H14Cl2FN3S. The van der Waals surface area contributed by atoms with Crippen molar-refractivity contribution in [3.8, 4) is 11.1 Å². The number of aryl methyl sites for hydroxylation is 2. The number of hydrogen-bond acceptors (Lipinski definition) is 4. The predicted molar refractivity (Wildman–Crippen MR) is 112 cm³/mol. The van der Waals surface area contributed by atoms with E-state index in [-0.39, 0.29) is 5.82 Å². The van der Waals surface area contributed by atoms with Gasteiger partial charge in [-0.05, 0) is 49.7 Å². The first-order chi connectivity index (χ1) is 12.9. The van der Waals surface area contributed by atoms with Crippen molar-refractivity contribution in [2.24, 2.45) is 0 Å². The van der Waals surface area contributed by atoms with Crippen LogP contribution in [0.2, 0.25) is 10.0 Å². The zero-order valence-corrected chi connectivity index (χ0v) is 16.8. The van der Waals surface area contributed by atoms with Crippen LogP contribution in [0.3, 0.4) is 0 Å². The number of aromatic nitrogens is 2. The minimum absolute atomic E-state index is 0.269. The van der Waals surface area contributed by atoms with E-state index >= 15 is 0 Å². The summed E-state index contributed by atoms with van der Waals surface area (Å²) >= 11 is 13.8. The van der Waals surface area contributed by atoms with Gasteiger partial charge in [0, 0.05) is 26.2 Å². The lowest BCUT2D eigenvalue weighted by Gasteiger charge is -2.11. The summed E-state index contributed by atoms with van der Waals surface area (Å²) < 4.78 is 13.4. The van der Waals surface area contributed by atoms with E-state index in [0.29, 0.717) is 21.7 Å². The van der Waals surface area contributed by atoms with Gasteiger partial charge in [0.1, 0.15) is 22.3 Å². The molecule has 0 aliphatic rings. The summed E-state index contributed by atoms with van der Waals surface area (Å²) in [5.74, 6) is 1.06. The summed E-state index contributed by atoms with van der Waals surface area (Å²) in [6.07, 6.45) is 0. The van der Waals surface area contributed by atoms with E-state index in [2.05, 4.69) is 15.3 Å². The summed E-state index contributed by atoms with van der Waals surface area (Å²) in [5, 5.41) is 5.28. The smallest absolute Gasteiger partial charge is 0.143 e. The van der Waals surface area contributed by atoms with Crippen LogP contribution < -0.4 is 5.32 Å². The molecule has 7 heteroatoms. The minimum atomic E-state index is -0.269. The molecule has 0 aliphatic carbocycles. The first-order valence-corrected chi connectivity index (χ1v) is 9.75.